The molecule has 0 bridgehead atoms. The first-order valence-electron chi connectivity index (χ1n) is 24.6. The molecular weight excluding hydrogens is 774 g/mol. The third kappa shape index (κ3) is 47.0. The van der Waals surface area contributed by atoms with Crippen LogP contribution in [0.15, 0.2) is 48.6 Å². The number of nitrogens with one attached hydrogen (secondary N) is 1. The van der Waals surface area contributed by atoms with E-state index in [-0.39, 0.29) is 32.1 Å². The number of ether oxygens (including phenoxy) is 1. The van der Waals surface area contributed by atoms with Crippen molar-refractivity contribution in [3.8, 4) is 0 Å². The number of carbonyl (C=O) groups is 2. The van der Waals surface area contributed by atoms with Gasteiger partial charge in [-0.25, -0.2) is 4.57 Å². The van der Waals surface area contributed by atoms with E-state index < -0.39 is 26.5 Å². The number of unbranched alkanes of at least 4 members (excludes halogenated alkanes) is 25. The Kier molecular flexibility index (Phi) is 44.9. The molecule has 0 radical (unpaired) electrons. The summed E-state index contributed by atoms with van der Waals surface area (Å²) in [6.07, 6.45) is 54.7. The molecule has 60 heavy (non-hydrogen) atoms. The van der Waals surface area contributed by atoms with Gasteiger partial charge in [-0.05, 0) is 57.8 Å². The number of carbonyl (C=O) groups excluding carboxylic acids is 2. The fourth-order valence-corrected chi connectivity index (χ4v) is 7.53. The van der Waals surface area contributed by atoms with E-state index in [9.17, 15) is 24.2 Å². The highest BCUT2D eigenvalue weighted by molar-refractivity contribution is 7.47. The number of allylic oxidation sites excluding steroid dienone is 8. The molecule has 0 aliphatic carbocycles. The highest BCUT2D eigenvalue weighted by Crippen LogP contribution is 2.42. The van der Waals surface area contributed by atoms with Crippen molar-refractivity contribution in [2.45, 2.75) is 232 Å². The number of amides is 1. The number of phosphoric acid groups is 1. The van der Waals surface area contributed by atoms with Crippen molar-refractivity contribution in [1.29, 1.82) is 0 Å². The molecule has 0 rings (SSSR count). The first-order valence-corrected chi connectivity index (χ1v) is 26.1. The zero-order chi connectivity index (χ0) is 43.9. The van der Waals surface area contributed by atoms with Crippen LogP contribution in [0.1, 0.15) is 226 Å². The SMILES string of the molecule is CCCCC/C=C\C/C=C\C/C=C\C/C=C\CCCCCCCC(=O)OCC(O)COP(=O)(O)OCCNC(=O)CCCCCCCCCCCCCCCCCCCC. The second kappa shape index (κ2) is 46.5. The molecule has 0 spiro atoms. The van der Waals surface area contributed by atoms with E-state index in [1.807, 2.05) is 0 Å². The van der Waals surface area contributed by atoms with Gasteiger partial charge in [0.1, 0.15) is 12.7 Å². The molecule has 9 nitrogen and oxygen atoms in total. The summed E-state index contributed by atoms with van der Waals surface area (Å²) < 4.78 is 26.9. The Morgan fingerprint density at radius 1 is 0.517 bits per heavy atom. The second-order valence-electron chi connectivity index (χ2n) is 16.4. The summed E-state index contributed by atoms with van der Waals surface area (Å²) in [4.78, 5) is 34.0. The smallest absolute Gasteiger partial charge is 0.463 e. The van der Waals surface area contributed by atoms with Gasteiger partial charge in [0.05, 0.1) is 13.2 Å². The molecule has 0 saturated carbocycles. The van der Waals surface area contributed by atoms with Crippen molar-refractivity contribution in [1.82, 2.24) is 5.32 Å². The van der Waals surface area contributed by atoms with Crippen LogP contribution in [0.2, 0.25) is 0 Å². The summed E-state index contributed by atoms with van der Waals surface area (Å²) in [5.74, 6) is -0.529. The Bertz CT molecular complexity index is 1120. The van der Waals surface area contributed by atoms with Crippen LogP contribution in [-0.4, -0.2) is 54.3 Å². The molecule has 350 valence electrons. The highest BCUT2D eigenvalue weighted by Gasteiger charge is 2.23. The van der Waals surface area contributed by atoms with Gasteiger partial charge in [0, 0.05) is 19.4 Å². The maximum absolute atomic E-state index is 12.1. The van der Waals surface area contributed by atoms with Gasteiger partial charge in [0.25, 0.3) is 0 Å². The molecular formula is C50H92NO8P. The third-order valence-corrected chi connectivity index (χ3v) is 11.5. The Morgan fingerprint density at radius 3 is 1.38 bits per heavy atom. The van der Waals surface area contributed by atoms with Crippen LogP contribution < -0.4 is 5.32 Å². The normalized spacial score (nSPS) is 13.6. The van der Waals surface area contributed by atoms with Crippen molar-refractivity contribution >= 4 is 19.7 Å². The number of hydrogen-bond acceptors (Lipinski definition) is 7. The lowest BCUT2D eigenvalue weighted by Crippen LogP contribution is -2.27. The topological polar surface area (TPSA) is 131 Å². The lowest BCUT2D eigenvalue weighted by atomic mass is 10.0. The average molecular weight is 866 g/mol. The van der Waals surface area contributed by atoms with Gasteiger partial charge in [-0.3, -0.25) is 18.6 Å². The van der Waals surface area contributed by atoms with Gasteiger partial charge in [-0.2, -0.15) is 0 Å². The minimum atomic E-state index is -4.42. The maximum Gasteiger partial charge on any atom is 0.472 e. The summed E-state index contributed by atoms with van der Waals surface area (Å²) in [6.45, 7) is 3.53. The summed E-state index contributed by atoms with van der Waals surface area (Å²) in [7, 11) is -4.42. The highest BCUT2D eigenvalue weighted by atomic mass is 31.2. The quantitative estimate of drug-likeness (QED) is 0.0239. The fraction of sp³-hybridized carbons (Fsp3) is 0.800. The molecule has 0 aromatic rings. The van der Waals surface area contributed by atoms with Gasteiger partial charge < -0.3 is 20.1 Å². The monoisotopic (exact) mass is 866 g/mol. The largest absolute Gasteiger partial charge is 0.472 e. The standard InChI is InChI=1S/C50H92NO8P/c1-3-5-7-9-11-13-15-17-19-21-23-24-25-27-29-31-33-35-37-39-41-43-50(54)57-46-48(52)47-59-60(55,56)58-45-44-51-49(53)42-40-38-36-34-32-30-28-26-22-20-18-16-14-12-10-8-6-4-2/h11,13,17,19,23-24,27,29,48,52H,3-10,12,14-16,18,20-22,25-26,28,30-47H2,1-2H3,(H,51,53)(H,55,56)/b13-11-,19-17-,24-23-,29-27-. The van der Waals surface area contributed by atoms with Gasteiger partial charge in [0.2, 0.25) is 5.91 Å². The number of hydrogen-bond donors (Lipinski definition) is 3. The zero-order valence-electron chi connectivity index (χ0n) is 38.7. The number of aliphatic hydroxyl groups excluding tert-OH is 1. The second-order valence-corrected chi connectivity index (χ2v) is 17.9. The average Bonchev–Trinajstić information content (AvgIpc) is 3.23. The predicted octanol–water partition coefficient (Wildman–Crippen LogP) is 14.3. The van der Waals surface area contributed by atoms with Crippen LogP contribution in [0.5, 0.6) is 0 Å². The van der Waals surface area contributed by atoms with Crippen molar-refractivity contribution in [3.63, 3.8) is 0 Å². The molecule has 0 fully saturated rings. The lowest BCUT2D eigenvalue weighted by molar-refractivity contribution is -0.147. The van der Waals surface area contributed by atoms with E-state index in [1.165, 1.54) is 122 Å². The fourth-order valence-electron chi connectivity index (χ4n) is 6.78. The van der Waals surface area contributed by atoms with E-state index in [2.05, 4.69) is 67.8 Å². The van der Waals surface area contributed by atoms with Gasteiger partial charge in [-0.15, -0.1) is 0 Å². The van der Waals surface area contributed by atoms with Crippen LogP contribution in [0.25, 0.3) is 0 Å². The molecule has 0 saturated heterocycles. The van der Waals surface area contributed by atoms with E-state index in [0.29, 0.717) is 12.8 Å². The third-order valence-electron chi connectivity index (χ3n) is 10.5. The molecule has 10 heteroatoms. The molecule has 2 unspecified atom stereocenters. The summed E-state index contributed by atoms with van der Waals surface area (Å²) in [6, 6.07) is 0. The van der Waals surface area contributed by atoms with Crippen molar-refractivity contribution in [2.24, 2.45) is 0 Å². The number of esters is 1. The molecule has 0 aliphatic rings. The van der Waals surface area contributed by atoms with Crippen molar-refractivity contribution in [3.05, 3.63) is 48.6 Å². The minimum absolute atomic E-state index is 0.0807. The Balaban J connectivity index is 3.60. The number of phosphoric ester groups is 1. The summed E-state index contributed by atoms with van der Waals surface area (Å²) in [5, 5.41) is 12.7. The molecule has 2 atom stereocenters. The summed E-state index contributed by atoms with van der Waals surface area (Å²) >= 11 is 0. The van der Waals surface area contributed by atoms with Gasteiger partial charge in [0.15, 0.2) is 0 Å². The van der Waals surface area contributed by atoms with Gasteiger partial charge in [-0.1, -0.05) is 204 Å². The summed E-state index contributed by atoms with van der Waals surface area (Å²) in [5.41, 5.74) is 0. The van der Waals surface area contributed by atoms with Crippen LogP contribution in [0.3, 0.4) is 0 Å². The molecule has 1 amide bonds. The molecule has 0 aliphatic heterocycles. The van der Waals surface area contributed by atoms with E-state index >= 15 is 0 Å². The molecule has 0 heterocycles. The van der Waals surface area contributed by atoms with E-state index in [0.717, 1.165) is 70.6 Å². The molecule has 0 aromatic heterocycles. The Morgan fingerprint density at radius 2 is 0.900 bits per heavy atom. The van der Waals surface area contributed by atoms with Gasteiger partial charge >= 0.3 is 13.8 Å². The first-order chi connectivity index (χ1) is 29.3. The van der Waals surface area contributed by atoms with Crippen LogP contribution in [0.4, 0.5) is 0 Å². The minimum Gasteiger partial charge on any atom is -0.463 e. The van der Waals surface area contributed by atoms with E-state index in [1.54, 1.807) is 0 Å². The zero-order valence-corrected chi connectivity index (χ0v) is 39.5. The number of aliphatic hydroxyl groups is 1. The Labute approximate surface area is 368 Å². The van der Waals surface area contributed by atoms with Crippen LogP contribution in [0, 0.1) is 0 Å². The molecule has 3 N–H and O–H groups in total. The first kappa shape index (κ1) is 58.0. The number of rotatable bonds is 46. The van der Waals surface area contributed by atoms with Crippen molar-refractivity contribution in [2.75, 3.05) is 26.4 Å². The van der Waals surface area contributed by atoms with Crippen LogP contribution >= 0.6 is 7.82 Å². The van der Waals surface area contributed by atoms with E-state index in [4.69, 9.17) is 13.8 Å². The lowest BCUT2D eigenvalue weighted by Gasteiger charge is -2.15. The Hall–Kier alpha value is -2.03. The predicted molar refractivity (Wildman–Crippen MR) is 252 cm³/mol. The van der Waals surface area contributed by atoms with Crippen molar-refractivity contribution < 1.29 is 37.9 Å². The maximum atomic E-state index is 12.1. The van der Waals surface area contributed by atoms with Crippen LogP contribution in [-0.2, 0) is 27.9 Å². The molecule has 0 aromatic carbocycles.